The molecule has 3 heterocycles. The van der Waals surface area contributed by atoms with E-state index in [4.69, 9.17) is 18.8 Å². The maximum atomic E-state index is 13.1. The smallest absolute Gasteiger partial charge is 0.454 e. The van der Waals surface area contributed by atoms with Gasteiger partial charge in [0.2, 0.25) is 6.79 Å². The average molecular weight is 465 g/mol. The van der Waals surface area contributed by atoms with Gasteiger partial charge in [-0.1, -0.05) is 12.1 Å². The van der Waals surface area contributed by atoms with Gasteiger partial charge in [0.1, 0.15) is 0 Å². The maximum Gasteiger partial charge on any atom is 0.498 e. The van der Waals surface area contributed by atoms with E-state index in [-0.39, 0.29) is 12.7 Å². The molecular formula is C25H32BN3O5. The first-order chi connectivity index (χ1) is 16.1. The van der Waals surface area contributed by atoms with Gasteiger partial charge >= 0.3 is 7.12 Å². The van der Waals surface area contributed by atoms with Crippen molar-refractivity contribution in [1.82, 2.24) is 4.90 Å². The van der Waals surface area contributed by atoms with Crippen LogP contribution in [0.1, 0.15) is 38.1 Å². The zero-order chi connectivity index (χ0) is 24.1. The fraction of sp³-hybridized carbons (Fsp3) is 0.480. The highest BCUT2D eigenvalue weighted by Crippen LogP contribution is 2.42. The van der Waals surface area contributed by atoms with Crippen LogP contribution in [-0.2, 0) is 9.31 Å². The molecule has 0 aliphatic carbocycles. The lowest BCUT2D eigenvalue weighted by molar-refractivity contribution is 0.00578. The highest BCUT2D eigenvalue weighted by Gasteiger charge is 2.53. The van der Waals surface area contributed by atoms with Gasteiger partial charge in [-0.05, 0) is 59.0 Å². The Morgan fingerprint density at radius 1 is 0.941 bits per heavy atom. The lowest BCUT2D eigenvalue weighted by Gasteiger charge is -2.34. The van der Waals surface area contributed by atoms with E-state index in [1.807, 2.05) is 58.0 Å². The van der Waals surface area contributed by atoms with Crippen LogP contribution in [0, 0.1) is 0 Å². The molecule has 5 rings (SSSR count). The van der Waals surface area contributed by atoms with Crippen molar-refractivity contribution in [2.45, 2.75) is 38.9 Å². The number of rotatable bonds is 4. The molecule has 0 bridgehead atoms. The Bertz CT molecular complexity index is 1080. The number of benzene rings is 2. The van der Waals surface area contributed by atoms with E-state index in [1.165, 1.54) is 0 Å². The summed E-state index contributed by atoms with van der Waals surface area (Å²) in [5.74, 6) is 0.843. The van der Waals surface area contributed by atoms with Gasteiger partial charge in [0.15, 0.2) is 11.5 Å². The van der Waals surface area contributed by atoms with Crippen LogP contribution in [0.25, 0.3) is 0 Å². The first-order valence-corrected chi connectivity index (χ1v) is 11.8. The molecular weight excluding hydrogens is 433 g/mol. The van der Waals surface area contributed by atoms with Crippen molar-refractivity contribution in [3.8, 4) is 11.5 Å². The van der Waals surface area contributed by atoms with Crippen molar-refractivity contribution in [3.05, 3.63) is 42.0 Å². The van der Waals surface area contributed by atoms with E-state index < -0.39 is 18.3 Å². The summed E-state index contributed by atoms with van der Waals surface area (Å²) in [5.41, 5.74) is 2.03. The Balaban J connectivity index is 1.35. The van der Waals surface area contributed by atoms with Gasteiger partial charge in [0.05, 0.1) is 16.9 Å². The summed E-state index contributed by atoms with van der Waals surface area (Å²) < 4.78 is 23.9. The maximum absolute atomic E-state index is 13.1. The molecule has 2 aromatic rings. The number of anilines is 2. The number of ether oxygens (including phenoxy) is 2. The molecule has 0 atom stereocenters. The van der Waals surface area contributed by atoms with E-state index in [9.17, 15) is 4.79 Å². The summed E-state index contributed by atoms with van der Waals surface area (Å²) in [6.07, 6.45) is 0. The zero-order valence-electron chi connectivity index (χ0n) is 20.5. The largest absolute Gasteiger partial charge is 0.498 e. The van der Waals surface area contributed by atoms with Gasteiger partial charge in [-0.25, -0.2) is 0 Å². The Labute approximate surface area is 201 Å². The molecule has 0 spiro atoms. The number of nitrogens with zero attached hydrogens (tertiary/aromatic N) is 2. The Kier molecular flexibility index (Phi) is 5.74. The zero-order valence-corrected chi connectivity index (χ0v) is 20.5. The quantitative estimate of drug-likeness (QED) is 0.697. The molecule has 9 heteroatoms. The van der Waals surface area contributed by atoms with Crippen molar-refractivity contribution in [1.29, 1.82) is 0 Å². The molecule has 0 saturated carbocycles. The lowest BCUT2D eigenvalue weighted by atomic mass is 9.78. The molecule has 8 nitrogen and oxygen atoms in total. The van der Waals surface area contributed by atoms with Crippen molar-refractivity contribution >= 4 is 29.9 Å². The summed E-state index contributed by atoms with van der Waals surface area (Å²) >= 11 is 0. The topological polar surface area (TPSA) is 72.5 Å². The van der Waals surface area contributed by atoms with Crippen molar-refractivity contribution < 1.29 is 23.6 Å². The third-order valence-corrected chi connectivity index (χ3v) is 7.28. The number of hydrogen-bond acceptors (Lipinski definition) is 7. The summed E-state index contributed by atoms with van der Waals surface area (Å²) in [4.78, 5) is 17.7. The fourth-order valence-corrected chi connectivity index (χ4v) is 4.37. The predicted octanol–water partition coefficient (Wildman–Crippen LogP) is 2.72. The van der Waals surface area contributed by atoms with Crippen LogP contribution in [0.15, 0.2) is 36.4 Å². The number of nitrogens with one attached hydrogen (secondary N) is 1. The summed E-state index contributed by atoms with van der Waals surface area (Å²) in [6, 6.07) is 11.4. The molecule has 2 fully saturated rings. The van der Waals surface area contributed by atoms with E-state index in [0.717, 1.165) is 37.3 Å². The number of carbonyl (C=O) groups excluding carboxylic acids is 1. The number of amides is 1. The van der Waals surface area contributed by atoms with E-state index in [2.05, 4.69) is 28.2 Å². The van der Waals surface area contributed by atoms with Crippen LogP contribution in [0.3, 0.4) is 0 Å². The first kappa shape index (κ1) is 23.0. The van der Waals surface area contributed by atoms with Crippen molar-refractivity contribution in [3.63, 3.8) is 0 Å². The van der Waals surface area contributed by atoms with Gasteiger partial charge in [-0.15, -0.1) is 0 Å². The molecule has 1 amide bonds. The molecule has 1 N–H and O–H groups in total. The normalized spacial score (nSPS) is 21.1. The molecule has 0 radical (unpaired) electrons. The molecule has 0 unspecified atom stereocenters. The number of likely N-dealkylation sites (N-methyl/N-ethyl adjacent to an activating group) is 1. The Hall–Kier alpha value is -2.75. The number of hydrogen-bond donors (Lipinski definition) is 1. The van der Waals surface area contributed by atoms with Gasteiger partial charge in [0, 0.05) is 42.9 Å². The molecule has 180 valence electrons. The summed E-state index contributed by atoms with van der Waals surface area (Å²) in [5, 5.41) is 2.99. The van der Waals surface area contributed by atoms with Crippen LogP contribution in [-0.4, -0.2) is 69.1 Å². The monoisotopic (exact) mass is 465 g/mol. The van der Waals surface area contributed by atoms with Crippen LogP contribution < -0.4 is 25.2 Å². The third-order valence-electron chi connectivity index (χ3n) is 7.28. The summed E-state index contributed by atoms with van der Waals surface area (Å²) in [7, 11) is 1.55. The predicted molar refractivity (Wildman–Crippen MR) is 132 cm³/mol. The average Bonchev–Trinajstić information content (AvgIpc) is 3.37. The Morgan fingerprint density at radius 3 is 2.32 bits per heavy atom. The number of fused-ring (bicyclic) bond motifs is 1. The van der Waals surface area contributed by atoms with Gasteiger partial charge in [0.25, 0.3) is 5.91 Å². The second kappa shape index (κ2) is 8.48. The third kappa shape index (κ3) is 4.12. The second-order valence-corrected chi connectivity index (χ2v) is 10.2. The van der Waals surface area contributed by atoms with E-state index in [0.29, 0.717) is 22.7 Å². The van der Waals surface area contributed by atoms with Gasteiger partial charge < -0.3 is 33.9 Å². The molecule has 34 heavy (non-hydrogen) atoms. The van der Waals surface area contributed by atoms with Crippen LogP contribution in [0.4, 0.5) is 11.4 Å². The van der Waals surface area contributed by atoms with Crippen molar-refractivity contribution in [2.75, 3.05) is 50.2 Å². The second-order valence-electron chi connectivity index (χ2n) is 10.2. The minimum atomic E-state index is -0.578. The van der Waals surface area contributed by atoms with Crippen LogP contribution >= 0.6 is 0 Å². The van der Waals surface area contributed by atoms with Gasteiger partial charge in [-0.2, -0.15) is 0 Å². The molecule has 2 saturated heterocycles. The molecule has 3 aliphatic heterocycles. The SMILES string of the molecule is CN1CCN(c2cccc(C(=O)Nc3ccc(B4OC(C)(C)C(C)(C)O4)c4c3OCO4)c2)CC1. The highest BCUT2D eigenvalue weighted by atomic mass is 16.7. The minimum absolute atomic E-state index is 0.0770. The van der Waals surface area contributed by atoms with E-state index in [1.54, 1.807) is 0 Å². The molecule has 0 aromatic heterocycles. The summed E-state index contributed by atoms with van der Waals surface area (Å²) in [6.45, 7) is 12.0. The Morgan fingerprint density at radius 2 is 1.62 bits per heavy atom. The molecule has 2 aromatic carbocycles. The standard InChI is InChI=1S/C25H32BN3O5/c1-24(2)25(3,4)34-26(33-24)19-9-10-20(22-21(19)31-16-32-22)27-23(30)17-7-6-8-18(15-17)29-13-11-28(5)12-14-29/h6-10,15H,11-14,16H2,1-5H3,(H,27,30). The highest BCUT2D eigenvalue weighted by molar-refractivity contribution is 6.63. The van der Waals surface area contributed by atoms with Crippen LogP contribution in [0.5, 0.6) is 11.5 Å². The van der Waals surface area contributed by atoms with E-state index >= 15 is 0 Å². The minimum Gasteiger partial charge on any atom is -0.454 e. The van der Waals surface area contributed by atoms with Gasteiger partial charge in [-0.3, -0.25) is 4.79 Å². The lowest BCUT2D eigenvalue weighted by Crippen LogP contribution is -2.44. The fourth-order valence-electron chi connectivity index (χ4n) is 4.37. The number of piperazine rings is 1. The van der Waals surface area contributed by atoms with Crippen molar-refractivity contribution in [2.24, 2.45) is 0 Å². The molecule has 3 aliphatic rings. The van der Waals surface area contributed by atoms with Crippen LogP contribution in [0.2, 0.25) is 0 Å². The number of carbonyl (C=O) groups is 1. The first-order valence-electron chi connectivity index (χ1n) is 11.8.